The van der Waals surface area contributed by atoms with E-state index >= 15 is 0 Å². The number of hydrogen-bond donors (Lipinski definition) is 3. The Morgan fingerprint density at radius 3 is 2.86 bits per heavy atom. The molecule has 0 fully saturated rings. The molecule has 3 aromatic rings. The number of pyridine rings is 1. The summed E-state index contributed by atoms with van der Waals surface area (Å²) in [4.78, 5) is 10.1. The van der Waals surface area contributed by atoms with E-state index in [0.717, 1.165) is 53.1 Å². The van der Waals surface area contributed by atoms with Crippen LogP contribution in [0, 0.1) is 0 Å². The van der Waals surface area contributed by atoms with Crippen molar-refractivity contribution in [3.63, 3.8) is 0 Å². The fourth-order valence-corrected chi connectivity index (χ4v) is 3.78. The van der Waals surface area contributed by atoms with Gasteiger partial charge in [-0.2, -0.15) is 0 Å². The van der Waals surface area contributed by atoms with Gasteiger partial charge in [-0.05, 0) is 35.8 Å². The highest BCUT2D eigenvalue weighted by Crippen LogP contribution is 2.35. The van der Waals surface area contributed by atoms with Crippen LogP contribution in [0.3, 0.4) is 0 Å². The minimum atomic E-state index is -0.685. The second kappa shape index (κ2) is 8.14. The van der Waals surface area contributed by atoms with Gasteiger partial charge in [-0.1, -0.05) is 24.3 Å². The van der Waals surface area contributed by atoms with E-state index in [-0.39, 0.29) is 6.61 Å². The molecule has 3 heterocycles. The van der Waals surface area contributed by atoms with Gasteiger partial charge in [-0.15, -0.1) is 0 Å². The summed E-state index contributed by atoms with van der Waals surface area (Å²) in [5.41, 5.74) is 5.32. The maximum atomic E-state index is 9.63. The van der Waals surface area contributed by atoms with E-state index in [9.17, 15) is 5.11 Å². The van der Waals surface area contributed by atoms with Crippen LogP contribution in [-0.4, -0.2) is 64.5 Å². The molecule has 1 aliphatic rings. The Morgan fingerprint density at radius 2 is 2.11 bits per heavy atom. The van der Waals surface area contributed by atoms with Crippen LogP contribution in [0.25, 0.3) is 27.7 Å². The molecule has 0 saturated carbocycles. The van der Waals surface area contributed by atoms with E-state index in [2.05, 4.69) is 33.1 Å². The topological polar surface area (TPSA) is 81.6 Å². The molecule has 1 atom stereocenters. The predicted molar refractivity (Wildman–Crippen MR) is 110 cm³/mol. The van der Waals surface area contributed by atoms with Crippen molar-refractivity contribution in [1.82, 2.24) is 14.9 Å². The lowest BCUT2D eigenvalue weighted by molar-refractivity contribution is 0.0623. The molecular weight excluding hydrogens is 354 g/mol. The van der Waals surface area contributed by atoms with Crippen LogP contribution in [0.15, 0.2) is 48.7 Å². The third-order valence-electron chi connectivity index (χ3n) is 5.25. The van der Waals surface area contributed by atoms with Crippen LogP contribution in [0.5, 0.6) is 5.75 Å². The fraction of sp³-hybridized carbons (Fsp3) is 0.318. The Bertz CT molecular complexity index is 996. The van der Waals surface area contributed by atoms with E-state index in [0.29, 0.717) is 6.54 Å². The molecule has 4 rings (SSSR count). The van der Waals surface area contributed by atoms with Gasteiger partial charge in [0.2, 0.25) is 0 Å². The minimum Gasteiger partial charge on any atom is -0.496 e. The maximum Gasteiger partial charge on any atom is 0.138 e. The second-order valence-electron chi connectivity index (χ2n) is 7.08. The number of aliphatic hydroxyl groups excluding tert-OH is 2. The maximum absolute atomic E-state index is 9.63. The molecule has 146 valence electrons. The number of fused-ring (bicyclic) bond motifs is 1. The predicted octanol–water partition coefficient (Wildman–Crippen LogP) is 2.68. The van der Waals surface area contributed by atoms with E-state index in [1.54, 1.807) is 7.11 Å². The van der Waals surface area contributed by atoms with E-state index in [1.807, 2.05) is 30.5 Å². The molecule has 1 aliphatic heterocycles. The SMILES string of the molecule is COc1ccccc1-c1ccnc2[nH]c(C3=CCN(CC(O)CO)CC3)cc12. The van der Waals surface area contributed by atoms with Gasteiger partial charge in [0.05, 0.1) is 19.8 Å². The van der Waals surface area contributed by atoms with Gasteiger partial charge in [-0.3, -0.25) is 4.90 Å². The molecule has 2 aromatic heterocycles. The summed E-state index contributed by atoms with van der Waals surface area (Å²) in [5, 5.41) is 19.7. The number of rotatable bonds is 6. The first-order valence-electron chi connectivity index (χ1n) is 9.51. The molecule has 0 spiro atoms. The number of nitrogens with zero attached hydrogens (tertiary/aromatic N) is 2. The summed E-state index contributed by atoms with van der Waals surface area (Å²) in [5.74, 6) is 0.840. The lowest BCUT2D eigenvalue weighted by Gasteiger charge is -2.27. The van der Waals surface area contributed by atoms with Crippen molar-refractivity contribution >= 4 is 16.6 Å². The summed E-state index contributed by atoms with van der Waals surface area (Å²) in [6, 6.07) is 12.2. The molecule has 28 heavy (non-hydrogen) atoms. The Hall–Kier alpha value is -2.67. The van der Waals surface area contributed by atoms with Gasteiger partial charge < -0.3 is 19.9 Å². The largest absolute Gasteiger partial charge is 0.496 e. The molecule has 0 aliphatic carbocycles. The van der Waals surface area contributed by atoms with Crippen molar-refractivity contribution in [3.05, 3.63) is 54.4 Å². The molecular formula is C22H25N3O3. The lowest BCUT2D eigenvalue weighted by Crippen LogP contribution is -2.37. The summed E-state index contributed by atoms with van der Waals surface area (Å²) < 4.78 is 5.54. The lowest BCUT2D eigenvalue weighted by atomic mass is 10.0. The molecule has 0 radical (unpaired) electrons. The zero-order valence-corrected chi connectivity index (χ0v) is 15.9. The Balaban J connectivity index is 1.65. The van der Waals surface area contributed by atoms with Crippen LogP contribution < -0.4 is 4.74 Å². The van der Waals surface area contributed by atoms with Gasteiger partial charge in [-0.25, -0.2) is 4.98 Å². The number of nitrogens with one attached hydrogen (secondary N) is 1. The van der Waals surface area contributed by atoms with Crippen LogP contribution in [-0.2, 0) is 0 Å². The summed E-state index contributed by atoms with van der Waals surface area (Å²) in [6.45, 7) is 1.90. The van der Waals surface area contributed by atoms with Crippen LogP contribution in [0.2, 0.25) is 0 Å². The van der Waals surface area contributed by atoms with Crippen molar-refractivity contribution in [2.24, 2.45) is 0 Å². The first-order valence-corrected chi connectivity index (χ1v) is 9.51. The van der Waals surface area contributed by atoms with Crippen molar-refractivity contribution in [3.8, 4) is 16.9 Å². The Labute approximate surface area is 164 Å². The number of β-amino-alcohol motifs (C(OH)–C–C–N with tert-alkyl or cyclic N) is 1. The quantitative estimate of drug-likeness (QED) is 0.613. The zero-order valence-electron chi connectivity index (χ0n) is 15.9. The van der Waals surface area contributed by atoms with Gasteiger partial charge in [0.25, 0.3) is 0 Å². The molecule has 3 N–H and O–H groups in total. The number of H-pyrrole nitrogens is 1. The van der Waals surface area contributed by atoms with Crippen molar-refractivity contribution in [2.75, 3.05) is 33.4 Å². The zero-order chi connectivity index (χ0) is 19.5. The summed E-state index contributed by atoms with van der Waals surface area (Å²) in [7, 11) is 1.69. The summed E-state index contributed by atoms with van der Waals surface area (Å²) in [6.07, 6.45) is 4.20. The number of benzene rings is 1. The first-order chi connectivity index (χ1) is 13.7. The van der Waals surface area contributed by atoms with Crippen LogP contribution in [0.4, 0.5) is 0 Å². The number of aromatic amines is 1. The van der Waals surface area contributed by atoms with Crippen molar-refractivity contribution < 1.29 is 14.9 Å². The molecule has 0 bridgehead atoms. The third-order valence-corrected chi connectivity index (χ3v) is 5.25. The first kappa shape index (κ1) is 18.7. The monoisotopic (exact) mass is 379 g/mol. The fourth-order valence-electron chi connectivity index (χ4n) is 3.78. The van der Waals surface area contributed by atoms with E-state index < -0.39 is 6.10 Å². The van der Waals surface area contributed by atoms with Crippen molar-refractivity contribution in [2.45, 2.75) is 12.5 Å². The van der Waals surface area contributed by atoms with Gasteiger partial charge >= 0.3 is 0 Å². The third kappa shape index (κ3) is 3.67. The highest BCUT2D eigenvalue weighted by Gasteiger charge is 2.18. The van der Waals surface area contributed by atoms with E-state index in [4.69, 9.17) is 9.84 Å². The molecule has 1 aromatic carbocycles. The number of aliphatic hydroxyl groups is 2. The van der Waals surface area contributed by atoms with Gasteiger partial charge in [0.1, 0.15) is 11.4 Å². The average Bonchev–Trinajstić information content (AvgIpc) is 3.18. The Morgan fingerprint density at radius 1 is 1.25 bits per heavy atom. The van der Waals surface area contributed by atoms with Gasteiger partial charge in [0.15, 0.2) is 0 Å². The highest BCUT2D eigenvalue weighted by molar-refractivity contribution is 5.96. The molecule has 0 amide bonds. The van der Waals surface area contributed by atoms with Crippen LogP contribution in [0.1, 0.15) is 12.1 Å². The minimum absolute atomic E-state index is 0.202. The standard InChI is InChI=1S/C22H25N3O3/c1-28-21-5-3-2-4-18(21)17-6-9-23-22-19(17)12-20(24-22)15-7-10-25(11-8-15)13-16(27)14-26/h2-7,9,12,16,26-27H,8,10-11,13-14H2,1H3,(H,23,24). The number of para-hydroxylation sites is 1. The highest BCUT2D eigenvalue weighted by atomic mass is 16.5. The van der Waals surface area contributed by atoms with Gasteiger partial charge in [0, 0.05) is 42.5 Å². The normalized spacial score (nSPS) is 16.2. The van der Waals surface area contributed by atoms with E-state index in [1.165, 1.54) is 5.57 Å². The van der Waals surface area contributed by atoms with Crippen molar-refractivity contribution in [1.29, 1.82) is 0 Å². The Kier molecular flexibility index (Phi) is 5.43. The number of hydrogen-bond acceptors (Lipinski definition) is 5. The number of methoxy groups -OCH3 is 1. The second-order valence-corrected chi connectivity index (χ2v) is 7.08. The molecule has 1 unspecified atom stereocenters. The molecule has 6 heteroatoms. The van der Waals surface area contributed by atoms with Crippen LogP contribution >= 0.6 is 0 Å². The smallest absolute Gasteiger partial charge is 0.138 e. The molecule has 6 nitrogen and oxygen atoms in total. The summed E-state index contributed by atoms with van der Waals surface area (Å²) >= 11 is 0. The molecule has 0 saturated heterocycles. The average molecular weight is 379 g/mol. The number of aromatic nitrogens is 2. The number of ether oxygens (including phenoxy) is 1.